The van der Waals surface area contributed by atoms with Gasteiger partial charge < -0.3 is 10.4 Å². The number of hydrogen-bond donors (Lipinski definition) is 2. The van der Waals surface area contributed by atoms with Gasteiger partial charge in [-0.2, -0.15) is 0 Å². The highest BCUT2D eigenvalue weighted by Gasteiger charge is 2.10. The van der Waals surface area contributed by atoms with Gasteiger partial charge in [0, 0.05) is 12.4 Å². The van der Waals surface area contributed by atoms with E-state index in [0.29, 0.717) is 5.69 Å². The standard InChI is InChI=1S/C13H11N3O3/c1-8-4-5-14-7-11(8)16-12(17)9-2-3-10(13(18)19)15-6-9/h2-7H,1H3,(H,16,17)(H,18,19). The largest absolute Gasteiger partial charge is 0.477 e. The van der Waals surface area contributed by atoms with Crippen molar-refractivity contribution in [3.63, 3.8) is 0 Å². The molecule has 0 fully saturated rings. The maximum atomic E-state index is 11.9. The highest BCUT2D eigenvalue weighted by molar-refractivity contribution is 6.04. The molecule has 6 heteroatoms. The van der Waals surface area contributed by atoms with Gasteiger partial charge in [-0.15, -0.1) is 0 Å². The van der Waals surface area contributed by atoms with Crippen LogP contribution in [0, 0.1) is 6.92 Å². The molecule has 2 heterocycles. The Morgan fingerprint density at radius 3 is 2.58 bits per heavy atom. The molecule has 0 saturated carbocycles. The number of carboxylic acids is 1. The Morgan fingerprint density at radius 1 is 1.21 bits per heavy atom. The van der Waals surface area contributed by atoms with E-state index in [1.807, 2.05) is 6.92 Å². The minimum absolute atomic E-state index is 0.103. The second-order valence-corrected chi connectivity index (χ2v) is 3.88. The van der Waals surface area contributed by atoms with Crippen LogP contribution in [-0.2, 0) is 0 Å². The fraction of sp³-hybridized carbons (Fsp3) is 0.0769. The second-order valence-electron chi connectivity index (χ2n) is 3.88. The number of aromatic nitrogens is 2. The molecule has 0 atom stereocenters. The highest BCUT2D eigenvalue weighted by atomic mass is 16.4. The van der Waals surface area contributed by atoms with Crippen LogP contribution in [0.2, 0.25) is 0 Å². The molecular weight excluding hydrogens is 246 g/mol. The molecule has 0 spiro atoms. The summed E-state index contributed by atoms with van der Waals surface area (Å²) < 4.78 is 0. The Kier molecular flexibility index (Phi) is 3.51. The van der Waals surface area contributed by atoms with E-state index >= 15 is 0 Å². The zero-order valence-corrected chi connectivity index (χ0v) is 10.1. The van der Waals surface area contributed by atoms with Crippen LogP contribution >= 0.6 is 0 Å². The highest BCUT2D eigenvalue weighted by Crippen LogP contribution is 2.13. The van der Waals surface area contributed by atoms with Crippen LogP contribution in [0.3, 0.4) is 0 Å². The number of rotatable bonds is 3. The lowest BCUT2D eigenvalue weighted by atomic mass is 10.2. The van der Waals surface area contributed by atoms with Gasteiger partial charge in [-0.3, -0.25) is 9.78 Å². The summed E-state index contributed by atoms with van der Waals surface area (Å²) in [7, 11) is 0. The van der Waals surface area contributed by atoms with Crippen LogP contribution in [0.25, 0.3) is 0 Å². The molecule has 0 saturated heterocycles. The van der Waals surface area contributed by atoms with Gasteiger partial charge in [-0.05, 0) is 30.7 Å². The zero-order valence-electron chi connectivity index (χ0n) is 10.1. The third kappa shape index (κ3) is 2.92. The molecule has 2 N–H and O–H groups in total. The molecule has 19 heavy (non-hydrogen) atoms. The number of pyridine rings is 2. The summed E-state index contributed by atoms with van der Waals surface area (Å²) >= 11 is 0. The predicted molar refractivity (Wildman–Crippen MR) is 68.1 cm³/mol. The number of hydrogen-bond acceptors (Lipinski definition) is 4. The second kappa shape index (κ2) is 5.26. The quantitative estimate of drug-likeness (QED) is 0.873. The number of amides is 1. The number of nitrogens with zero attached hydrogens (tertiary/aromatic N) is 2. The van der Waals surface area contributed by atoms with Crippen LogP contribution < -0.4 is 5.32 Å². The summed E-state index contributed by atoms with van der Waals surface area (Å²) in [6.45, 7) is 1.85. The van der Waals surface area contributed by atoms with Crippen LogP contribution in [-0.4, -0.2) is 27.0 Å². The van der Waals surface area contributed by atoms with Gasteiger partial charge in [0.05, 0.1) is 17.4 Å². The smallest absolute Gasteiger partial charge is 0.354 e. The van der Waals surface area contributed by atoms with E-state index in [1.54, 1.807) is 18.5 Å². The lowest BCUT2D eigenvalue weighted by Gasteiger charge is -2.07. The van der Waals surface area contributed by atoms with Crippen molar-refractivity contribution in [3.05, 3.63) is 53.6 Å². The number of carbonyl (C=O) groups is 2. The molecule has 0 aliphatic rings. The monoisotopic (exact) mass is 257 g/mol. The Hall–Kier alpha value is -2.76. The number of carboxylic acid groups (broad SMARTS) is 1. The van der Waals surface area contributed by atoms with Gasteiger partial charge in [-0.25, -0.2) is 9.78 Å². The molecule has 0 bridgehead atoms. The summed E-state index contributed by atoms with van der Waals surface area (Å²) in [5.41, 5.74) is 1.68. The van der Waals surface area contributed by atoms with Crippen molar-refractivity contribution in [2.45, 2.75) is 6.92 Å². The molecule has 0 radical (unpaired) electrons. The van der Waals surface area contributed by atoms with Crippen molar-refractivity contribution < 1.29 is 14.7 Å². The van der Waals surface area contributed by atoms with Gasteiger partial charge in [0.2, 0.25) is 0 Å². The number of carbonyl (C=O) groups excluding carboxylic acids is 1. The summed E-state index contributed by atoms with van der Waals surface area (Å²) in [5.74, 6) is -1.49. The molecule has 0 unspecified atom stereocenters. The van der Waals surface area contributed by atoms with Crippen LogP contribution in [0.5, 0.6) is 0 Å². The van der Waals surface area contributed by atoms with Gasteiger partial charge in [0.1, 0.15) is 5.69 Å². The van der Waals surface area contributed by atoms with E-state index in [0.717, 1.165) is 5.56 Å². The van der Waals surface area contributed by atoms with E-state index < -0.39 is 5.97 Å². The molecule has 2 aromatic rings. The van der Waals surface area contributed by atoms with Crippen LogP contribution in [0.15, 0.2) is 36.8 Å². The van der Waals surface area contributed by atoms with Gasteiger partial charge in [-0.1, -0.05) is 0 Å². The Morgan fingerprint density at radius 2 is 2.00 bits per heavy atom. The first-order valence-electron chi connectivity index (χ1n) is 5.49. The van der Waals surface area contributed by atoms with Crippen molar-refractivity contribution in [2.24, 2.45) is 0 Å². The molecule has 2 aromatic heterocycles. The van der Waals surface area contributed by atoms with E-state index in [9.17, 15) is 9.59 Å². The van der Waals surface area contributed by atoms with Crippen molar-refractivity contribution in [1.29, 1.82) is 0 Å². The predicted octanol–water partition coefficient (Wildman–Crippen LogP) is 1.74. The third-order valence-corrected chi connectivity index (χ3v) is 2.53. The summed E-state index contributed by atoms with van der Waals surface area (Å²) in [5, 5.41) is 11.4. The lowest BCUT2D eigenvalue weighted by molar-refractivity contribution is 0.0690. The molecule has 96 valence electrons. The van der Waals surface area contributed by atoms with Gasteiger partial charge >= 0.3 is 5.97 Å². The fourth-order valence-electron chi connectivity index (χ4n) is 1.44. The van der Waals surface area contributed by atoms with E-state index in [4.69, 9.17) is 5.11 Å². The number of anilines is 1. The first kappa shape index (κ1) is 12.7. The van der Waals surface area contributed by atoms with Crippen LogP contribution in [0.4, 0.5) is 5.69 Å². The fourth-order valence-corrected chi connectivity index (χ4v) is 1.44. The van der Waals surface area contributed by atoms with E-state index in [2.05, 4.69) is 15.3 Å². The van der Waals surface area contributed by atoms with Gasteiger partial charge in [0.25, 0.3) is 5.91 Å². The molecule has 0 aliphatic carbocycles. The minimum Gasteiger partial charge on any atom is -0.477 e. The normalized spacial score (nSPS) is 9.95. The number of nitrogens with one attached hydrogen (secondary N) is 1. The van der Waals surface area contributed by atoms with E-state index in [-0.39, 0.29) is 17.2 Å². The molecule has 6 nitrogen and oxygen atoms in total. The summed E-state index contributed by atoms with van der Waals surface area (Å²) in [4.78, 5) is 30.2. The number of aryl methyl sites for hydroxylation is 1. The Labute approximate surface area is 109 Å². The summed E-state index contributed by atoms with van der Waals surface area (Å²) in [6, 6.07) is 4.48. The first-order chi connectivity index (χ1) is 9.08. The maximum absolute atomic E-state index is 11.9. The van der Waals surface area contributed by atoms with Crippen molar-refractivity contribution in [1.82, 2.24) is 9.97 Å². The topological polar surface area (TPSA) is 92.2 Å². The molecule has 1 amide bonds. The molecular formula is C13H11N3O3. The van der Waals surface area contributed by atoms with Crippen LogP contribution in [0.1, 0.15) is 26.4 Å². The van der Waals surface area contributed by atoms with Gasteiger partial charge in [0.15, 0.2) is 0 Å². The SMILES string of the molecule is Cc1ccncc1NC(=O)c1ccc(C(=O)O)nc1. The average molecular weight is 257 g/mol. The Bertz CT molecular complexity index is 623. The maximum Gasteiger partial charge on any atom is 0.354 e. The zero-order chi connectivity index (χ0) is 13.8. The van der Waals surface area contributed by atoms with Crippen molar-refractivity contribution in [3.8, 4) is 0 Å². The number of aromatic carboxylic acids is 1. The molecule has 0 aliphatic heterocycles. The van der Waals surface area contributed by atoms with Crippen molar-refractivity contribution in [2.75, 3.05) is 5.32 Å². The minimum atomic E-state index is -1.13. The average Bonchev–Trinajstić information content (AvgIpc) is 2.41. The summed E-state index contributed by atoms with van der Waals surface area (Å²) in [6.07, 6.45) is 4.41. The first-order valence-corrected chi connectivity index (χ1v) is 5.49. The van der Waals surface area contributed by atoms with Crippen molar-refractivity contribution >= 4 is 17.6 Å². The Balaban J connectivity index is 2.16. The molecule has 2 rings (SSSR count). The van der Waals surface area contributed by atoms with E-state index in [1.165, 1.54) is 18.3 Å². The lowest BCUT2D eigenvalue weighted by Crippen LogP contribution is -2.14. The third-order valence-electron chi connectivity index (χ3n) is 2.53. The molecule has 0 aromatic carbocycles.